The molecule has 2 rings (SSSR count). The summed E-state index contributed by atoms with van der Waals surface area (Å²) in [5, 5.41) is 0.401. The van der Waals surface area contributed by atoms with Gasteiger partial charge in [-0.25, -0.2) is 14.4 Å². The fraction of sp³-hybridized carbons (Fsp3) is 0.167. The average molecular weight is 252 g/mol. The second-order valence-corrected chi connectivity index (χ2v) is 4.01. The van der Waals surface area contributed by atoms with Gasteiger partial charge in [0.25, 0.3) is 0 Å². The normalized spacial score (nSPS) is 10.4. The summed E-state index contributed by atoms with van der Waals surface area (Å²) in [5.41, 5.74) is 1.48. The molecule has 88 valence electrons. The summed E-state index contributed by atoms with van der Waals surface area (Å²) >= 11 is 5.92. The van der Waals surface area contributed by atoms with Crippen molar-refractivity contribution in [2.24, 2.45) is 0 Å². The highest BCUT2D eigenvalue weighted by Crippen LogP contribution is 2.27. The fourth-order valence-electron chi connectivity index (χ4n) is 1.57. The lowest BCUT2D eigenvalue weighted by molar-refractivity contribution is 0.628. The van der Waals surface area contributed by atoms with Crippen LogP contribution in [0.1, 0.15) is 5.56 Å². The van der Waals surface area contributed by atoms with Crippen LogP contribution < -0.4 is 4.90 Å². The van der Waals surface area contributed by atoms with Crippen molar-refractivity contribution in [3.8, 4) is 0 Å². The molecule has 0 saturated heterocycles. The van der Waals surface area contributed by atoms with E-state index < -0.39 is 0 Å². The Labute approximate surface area is 104 Å². The van der Waals surface area contributed by atoms with Gasteiger partial charge in [-0.3, -0.25) is 0 Å². The van der Waals surface area contributed by atoms with Gasteiger partial charge in [0.05, 0.1) is 0 Å². The van der Waals surface area contributed by atoms with Crippen LogP contribution in [0, 0.1) is 12.7 Å². The van der Waals surface area contributed by atoms with Crippen LogP contribution in [0.5, 0.6) is 0 Å². The van der Waals surface area contributed by atoms with E-state index in [-0.39, 0.29) is 5.82 Å². The first-order valence-electron chi connectivity index (χ1n) is 5.06. The summed E-state index contributed by atoms with van der Waals surface area (Å²) in [6.45, 7) is 1.83. The molecule has 1 aromatic heterocycles. The third-order valence-electron chi connectivity index (χ3n) is 2.51. The monoisotopic (exact) mass is 251 g/mol. The Hall–Kier alpha value is -1.68. The highest BCUT2D eigenvalue weighted by molar-refractivity contribution is 6.30. The van der Waals surface area contributed by atoms with Gasteiger partial charge in [-0.2, -0.15) is 0 Å². The van der Waals surface area contributed by atoms with E-state index in [1.807, 2.05) is 6.92 Å². The van der Waals surface area contributed by atoms with Crippen molar-refractivity contribution in [3.05, 3.63) is 47.1 Å². The van der Waals surface area contributed by atoms with Crippen LogP contribution in [-0.2, 0) is 0 Å². The minimum absolute atomic E-state index is 0.285. The molecule has 17 heavy (non-hydrogen) atoms. The predicted octanol–water partition coefficient (Wildman–Crippen LogP) is 3.35. The largest absolute Gasteiger partial charge is 0.329 e. The first-order chi connectivity index (χ1) is 8.09. The van der Waals surface area contributed by atoms with Gasteiger partial charge in [0.1, 0.15) is 23.1 Å². The Morgan fingerprint density at radius 2 is 2.06 bits per heavy atom. The van der Waals surface area contributed by atoms with Gasteiger partial charge in [-0.05, 0) is 25.1 Å². The maximum Gasteiger partial charge on any atom is 0.140 e. The lowest BCUT2D eigenvalue weighted by atomic mass is 10.2. The molecule has 0 spiro atoms. The highest BCUT2D eigenvalue weighted by atomic mass is 35.5. The smallest absolute Gasteiger partial charge is 0.140 e. The number of halogens is 2. The minimum Gasteiger partial charge on any atom is -0.329 e. The van der Waals surface area contributed by atoms with Crippen LogP contribution in [0.3, 0.4) is 0 Å². The van der Waals surface area contributed by atoms with Gasteiger partial charge in [-0.15, -0.1) is 0 Å². The standard InChI is InChI=1S/C12H11ClFN3/c1-8-11(13)15-7-16-12(8)17(2)10-5-3-4-9(14)6-10/h3-7H,1-2H3. The van der Waals surface area contributed by atoms with Crippen molar-refractivity contribution >= 4 is 23.1 Å². The summed E-state index contributed by atoms with van der Waals surface area (Å²) < 4.78 is 13.1. The first kappa shape index (κ1) is 11.8. The second kappa shape index (κ2) is 4.67. The number of benzene rings is 1. The molecule has 1 aromatic carbocycles. The predicted molar refractivity (Wildman–Crippen MR) is 66.2 cm³/mol. The third kappa shape index (κ3) is 2.36. The maximum atomic E-state index is 13.1. The molecule has 0 amide bonds. The van der Waals surface area contributed by atoms with Crippen LogP contribution in [0.25, 0.3) is 0 Å². The van der Waals surface area contributed by atoms with Crippen molar-refractivity contribution < 1.29 is 4.39 Å². The minimum atomic E-state index is -0.285. The molecular formula is C12H11ClFN3. The molecule has 0 N–H and O–H groups in total. The number of anilines is 2. The Bertz CT molecular complexity index is 545. The molecule has 0 aliphatic rings. The van der Waals surface area contributed by atoms with E-state index in [2.05, 4.69) is 9.97 Å². The number of aromatic nitrogens is 2. The van der Waals surface area contributed by atoms with Crippen LogP contribution in [-0.4, -0.2) is 17.0 Å². The summed E-state index contributed by atoms with van der Waals surface area (Å²) in [6.07, 6.45) is 1.39. The first-order valence-corrected chi connectivity index (χ1v) is 5.44. The topological polar surface area (TPSA) is 29.0 Å². The van der Waals surface area contributed by atoms with Crippen LogP contribution in [0.15, 0.2) is 30.6 Å². The average Bonchev–Trinajstić information content (AvgIpc) is 2.32. The van der Waals surface area contributed by atoms with Gasteiger partial charge < -0.3 is 4.90 Å². The maximum absolute atomic E-state index is 13.1. The van der Waals surface area contributed by atoms with Gasteiger partial charge in [0.15, 0.2) is 0 Å². The van der Waals surface area contributed by atoms with Crippen LogP contribution >= 0.6 is 11.6 Å². The Morgan fingerprint density at radius 1 is 1.29 bits per heavy atom. The lowest BCUT2D eigenvalue weighted by Gasteiger charge is -2.20. The Kier molecular flexibility index (Phi) is 3.24. The highest BCUT2D eigenvalue weighted by Gasteiger charge is 2.11. The molecule has 0 saturated carbocycles. The van der Waals surface area contributed by atoms with E-state index >= 15 is 0 Å². The van der Waals surface area contributed by atoms with Gasteiger partial charge >= 0.3 is 0 Å². The Balaban J connectivity index is 2.44. The van der Waals surface area contributed by atoms with Crippen molar-refractivity contribution in [2.75, 3.05) is 11.9 Å². The molecule has 3 nitrogen and oxygen atoms in total. The van der Waals surface area contributed by atoms with E-state index in [0.29, 0.717) is 16.7 Å². The van der Waals surface area contributed by atoms with Crippen LogP contribution in [0.4, 0.5) is 15.9 Å². The van der Waals surface area contributed by atoms with Gasteiger partial charge in [0, 0.05) is 18.3 Å². The number of hydrogen-bond donors (Lipinski definition) is 0. The van der Waals surface area contributed by atoms with E-state index in [4.69, 9.17) is 11.6 Å². The molecule has 0 bridgehead atoms. The zero-order valence-corrected chi connectivity index (χ0v) is 10.2. The summed E-state index contributed by atoms with van der Waals surface area (Å²) in [5.74, 6) is 0.378. The molecule has 0 unspecified atom stereocenters. The fourth-order valence-corrected chi connectivity index (χ4v) is 1.69. The van der Waals surface area contributed by atoms with Crippen LogP contribution in [0.2, 0.25) is 5.15 Å². The van der Waals surface area contributed by atoms with Crippen molar-refractivity contribution in [3.63, 3.8) is 0 Å². The van der Waals surface area contributed by atoms with E-state index in [1.165, 1.54) is 18.5 Å². The van der Waals surface area contributed by atoms with Gasteiger partial charge in [-0.1, -0.05) is 17.7 Å². The molecule has 0 aliphatic heterocycles. The molecule has 2 aromatic rings. The second-order valence-electron chi connectivity index (χ2n) is 3.65. The molecule has 0 atom stereocenters. The van der Waals surface area contributed by atoms with Crippen molar-refractivity contribution in [1.29, 1.82) is 0 Å². The Morgan fingerprint density at radius 3 is 2.76 bits per heavy atom. The van der Waals surface area contributed by atoms with Crippen molar-refractivity contribution in [2.45, 2.75) is 6.92 Å². The summed E-state index contributed by atoms with van der Waals surface area (Å²) in [7, 11) is 1.81. The summed E-state index contributed by atoms with van der Waals surface area (Å²) in [6, 6.07) is 6.30. The number of rotatable bonds is 2. The zero-order chi connectivity index (χ0) is 12.4. The van der Waals surface area contributed by atoms with E-state index in [9.17, 15) is 4.39 Å². The van der Waals surface area contributed by atoms with Gasteiger partial charge in [0.2, 0.25) is 0 Å². The number of hydrogen-bond acceptors (Lipinski definition) is 3. The quantitative estimate of drug-likeness (QED) is 0.767. The molecule has 1 heterocycles. The van der Waals surface area contributed by atoms with Crippen molar-refractivity contribution in [1.82, 2.24) is 9.97 Å². The molecule has 0 radical (unpaired) electrons. The lowest BCUT2D eigenvalue weighted by Crippen LogP contribution is -2.13. The molecular weight excluding hydrogens is 241 g/mol. The van der Waals surface area contributed by atoms with E-state index in [1.54, 1.807) is 24.1 Å². The zero-order valence-electron chi connectivity index (χ0n) is 9.48. The third-order valence-corrected chi connectivity index (χ3v) is 2.89. The summed E-state index contributed by atoms with van der Waals surface area (Å²) in [4.78, 5) is 9.81. The molecule has 0 aliphatic carbocycles. The van der Waals surface area contributed by atoms with E-state index in [0.717, 1.165) is 5.56 Å². The molecule has 5 heteroatoms. The molecule has 0 fully saturated rings. The SMILES string of the molecule is Cc1c(Cl)ncnc1N(C)c1cccc(F)c1. The number of nitrogens with zero attached hydrogens (tertiary/aromatic N) is 3.